The SMILES string of the molecule is CCNC(=NCc1ccsc1)NC1CC(C)(OC)C1(C)C. The highest BCUT2D eigenvalue weighted by Crippen LogP contribution is 2.51. The minimum Gasteiger partial charge on any atom is -0.378 e. The Balaban J connectivity index is 1.99. The van der Waals surface area contributed by atoms with Gasteiger partial charge in [0.2, 0.25) is 0 Å². The summed E-state index contributed by atoms with van der Waals surface area (Å²) in [5.74, 6) is 0.889. The van der Waals surface area contributed by atoms with E-state index in [1.54, 1.807) is 18.4 Å². The molecule has 0 aromatic carbocycles. The fourth-order valence-corrected chi connectivity index (χ4v) is 3.42. The fourth-order valence-electron chi connectivity index (χ4n) is 2.76. The van der Waals surface area contributed by atoms with Gasteiger partial charge in [-0.1, -0.05) is 13.8 Å². The standard InChI is InChI=1S/C16H27N3OS/c1-6-17-14(18-10-12-7-8-21-11-12)19-13-9-16(4,20-5)15(13,2)3/h7-8,11,13H,6,9-10H2,1-5H3,(H2,17,18,19). The average Bonchev–Trinajstić information content (AvgIpc) is 2.97. The van der Waals surface area contributed by atoms with Crippen molar-refractivity contribution in [2.75, 3.05) is 13.7 Å². The van der Waals surface area contributed by atoms with Crippen molar-refractivity contribution in [3.63, 3.8) is 0 Å². The van der Waals surface area contributed by atoms with E-state index in [9.17, 15) is 0 Å². The minimum absolute atomic E-state index is 0.0602. The molecule has 0 spiro atoms. The Morgan fingerprint density at radius 3 is 2.76 bits per heavy atom. The summed E-state index contributed by atoms with van der Waals surface area (Å²) < 4.78 is 5.68. The fraction of sp³-hybridized carbons (Fsp3) is 0.688. The molecular formula is C16H27N3OS. The lowest BCUT2D eigenvalue weighted by Crippen LogP contribution is -2.69. The average molecular weight is 309 g/mol. The Bertz CT molecular complexity index is 484. The first-order chi connectivity index (χ1) is 9.93. The first-order valence-electron chi connectivity index (χ1n) is 7.54. The van der Waals surface area contributed by atoms with Crippen LogP contribution in [0.1, 0.15) is 39.7 Å². The lowest BCUT2D eigenvalue weighted by Gasteiger charge is -2.59. The molecule has 2 atom stereocenters. The second-order valence-electron chi connectivity index (χ2n) is 6.38. The van der Waals surface area contributed by atoms with Crippen LogP contribution in [0.4, 0.5) is 0 Å². The summed E-state index contributed by atoms with van der Waals surface area (Å²) in [5, 5.41) is 11.1. The Labute approximate surface area is 132 Å². The van der Waals surface area contributed by atoms with E-state index < -0.39 is 0 Å². The van der Waals surface area contributed by atoms with Gasteiger partial charge >= 0.3 is 0 Å². The summed E-state index contributed by atoms with van der Waals surface area (Å²) in [4.78, 5) is 4.68. The van der Waals surface area contributed by atoms with Crippen LogP contribution in [0, 0.1) is 5.41 Å². The molecule has 1 aliphatic carbocycles. The topological polar surface area (TPSA) is 45.7 Å². The molecule has 0 saturated heterocycles. The van der Waals surface area contributed by atoms with Gasteiger partial charge in [0.25, 0.3) is 0 Å². The third-order valence-electron chi connectivity index (χ3n) is 4.93. The van der Waals surface area contributed by atoms with Crippen LogP contribution < -0.4 is 10.6 Å². The molecule has 0 amide bonds. The molecule has 1 aromatic rings. The smallest absolute Gasteiger partial charge is 0.191 e. The predicted molar refractivity (Wildman–Crippen MR) is 89.9 cm³/mol. The maximum Gasteiger partial charge on any atom is 0.191 e. The Kier molecular flexibility index (Phi) is 4.94. The van der Waals surface area contributed by atoms with E-state index >= 15 is 0 Å². The van der Waals surface area contributed by atoms with Crippen molar-refractivity contribution in [2.24, 2.45) is 10.4 Å². The maximum atomic E-state index is 5.68. The number of methoxy groups -OCH3 is 1. The van der Waals surface area contributed by atoms with Gasteiger partial charge < -0.3 is 15.4 Å². The van der Waals surface area contributed by atoms with Crippen LogP contribution in [0.2, 0.25) is 0 Å². The van der Waals surface area contributed by atoms with Crippen LogP contribution in [0.3, 0.4) is 0 Å². The number of nitrogens with one attached hydrogen (secondary N) is 2. The molecule has 1 fully saturated rings. The quantitative estimate of drug-likeness (QED) is 0.649. The molecule has 1 heterocycles. The normalized spacial score (nSPS) is 28.0. The summed E-state index contributed by atoms with van der Waals surface area (Å²) in [6.45, 7) is 10.4. The third-order valence-corrected chi connectivity index (χ3v) is 5.67. The molecule has 118 valence electrons. The van der Waals surface area contributed by atoms with Gasteiger partial charge in [-0.25, -0.2) is 4.99 Å². The third kappa shape index (κ3) is 3.24. The first kappa shape index (κ1) is 16.3. The lowest BCUT2D eigenvalue weighted by molar-refractivity contribution is -0.176. The molecule has 2 N–H and O–H groups in total. The van der Waals surface area contributed by atoms with E-state index in [0.717, 1.165) is 18.9 Å². The number of guanidine groups is 1. The van der Waals surface area contributed by atoms with Crippen LogP contribution in [-0.2, 0) is 11.3 Å². The molecule has 4 nitrogen and oxygen atoms in total. The van der Waals surface area contributed by atoms with Gasteiger partial charge in [-0.15, -0.1) is 0 Å². The molecule has 1 aliphatic rings. The number of ether oxygens (including phenoxy) is 1. The number of aliphatic imine (C=N–C) groups is 1. The Morgan fingerprint density at radius 2 is 2.24 bits per heavy atom. The summed E-state index contributed by atoms with van der Waals surface area (Å²) in [6, 6.07) is 2.50. The first-order valence-corrected chi connectivity index (χ1v) is 8.48. The van der Waals surface area contributed by atoms with Crippen molar-refractivity contribution < 1.29 is 4.74 Å². The molecule has 0 radical (unpaired) electrons. The predicted octanol–water partition coefficient (Wildman–Crippen LogP) is 3.01. The van der Waals surface area contributed by atoms with Gasteiger partial charge in [0.1, 0.15) is 0 Å². The van der Waals surface area contributed by atoms with Gasteiger partial charge in [-0.2, -0.15) is 11.3 Å². The van der Waals surface area contributed by atoms with Crippen molar-refractivity contribution in [3.8, 4) is 0 Å². The van der Waals surface area contributed by atoms with Crippen molar-refractivity contribution in [3.05, 3.63) is 22.4 Å². The Morgan fingerprint density at radius 1 is 1.48 bits per heavy atom. The highest BCUT2D eigenvalue weighted by atomic mass is 32.1. The molecule has 5 heteroatoms. The van der Waals surface area contributed by atoms with Crippen LogP contribution in [0.25, 0.3) is 0 Å². The molecule has 0 aliphatic heterocycles. The summed E-state index contributed by atoms with van der Waals surface area (Å²) in [6.07, 6.45) is 0.999. The minimum atomic E-state index is -0.0602. The summed E-state index contributed by atoms with van der Waals surface area (Å²) in [7, 11) is 1.80. The van der Waals surface area contributed by atoms with Gasteiger partial charge in [0.15, 0.2) is 5.96 Å². The van der Waals surface area contributed by atoms with E-state index in [1.807, 2.05) is 0 Å². The van der Waals surface area contributed by atoms with Gasteiger partial charge in [0.05, 0.1) is 12.1 Å². The molecule has 0 bridgehead atoms. The monoisotopic (exact) mass is 309 g/mol. The van der Waals surface area contributed by atoms with E-state index in [1.165, 1.54) is 5.56 Å². The second-order valence-corrected chi connectivity index (χ2v) is 7.16. The largest absolute Gasteiger partial charge is 0.378 e. The Hall–Kier alpha value is -1.07. The molecule has 1 aromatic heterocycles. The van der Waals surface area contributed by atoms with Crippen LogP contribution >= 0.6 is 11.3 Å². The zero-order valence-corrected chi connectivity index (χ0v) is 14.5. The zero-order chi connectivity index (χ0) is 15.5. The number of thiophene rings is 1. The molecule has 2 unspecified atom stereocenters. The molecule has 1 saturated carbocycles. The number of rotatable bonds is 5. The van der Waals surface area contributed by atoms with Gasteiger partial charge in [0, 0.05) is 25.1 Å². The van der Waals surface area contributed by atoms with Crippen LogP contribution in [0.5, 0.6) is 0 Å². The van der Waals surface area contributed by atoms with E-state index in [-0.39, 0.29) is 11.0 Å². The van der Waals surface area contributed by atoms with Crippen LogP contribution in [0.15, 0.2) is 21.8 Å². The molecule has 21 heavy (non-hydrogen) atoms. The lowest BCUT2D eigenvalue weighted by atomic mass is 9.56. The van der Waals surface area contributed by atoms with Gasteiger partial charge in [-0.3, -0.25) is 0 Å². The maximum absolute atomic E-state index is 5.68. The van der Waals surface area contributed by atoms with E-state index in [2.05, 4.69) is 60.1 Å². The van der Waals surface area contributed by atoms with Crippen molar-refractivity contribution in [1.29, 1.82) is 0 Å². The second kappa shape index (κ2) is 6.36. The van der Waals surface area contributed by atoms with Gasteiger partial charge in [-0.05, 0) is 42.7 Å². The van der Waals surface area contributed by atoms with Crippen LogP contribution in [-0.4, -0.2) is 31.3 Å². The molecular weight excluding hydrogens is 282 g/mol. The van der Waals surface area contributed by atoms with Crippen molar-refractivity contribution in [2.45, 2.75) is 52.3 Å². The van der Waals surface area contributed by atoms with Crippen molar-refractivity contribution >= 4 is 17.3 Å². The summed E-state index contributed by atoms with van der Waals surface area (Å²) in [5.41, 5.74) is 1.28. The number of hydrogen-bond donors (Lipinski definition) is 2. The number of nitrogens with zero attached hydrogens (tertiary/aromatic N) is 1. The van der Waals surface area contributed by atoms with E-state index in [0.29, 0.717) is 12.6 Å². The summed E-state index contributed by atoms with van der Waals surface area (Å²) >= 11 is 1.71. The van der Waals surface area contributed by atoms with E-state index in [4.69, 9.17) is 4.74 Å². The highest BCUT2D eigenvalue weighted by Gasteiger charge is 2.58. The van der Waals surface area contributed by atoms with Crippen molar-refractivity contribution in [1.82, 2.24) is 10.6 Å². The zero-order valence-electron chi connectivity index (χ0n) is 13.7. The number of hydrogen-bond acceptors (Lipinski definition) is 3. The molecule has 2 rings (SSSR count). The highest BCUT2D eigenvalue weighted by molar-refractivity contribution is 7.07.